The first kappa shape index (κ1) is 16.2. The maximum absolute atomic E-state index is 9.08. The van der Waals surface area contributed by atoms with Crippen molar-refractivity contribution in [1.82, 2.24) is 19.6 Å². The average molecular weight is 303 g/mol. The Morgan fingerprint density at radius 2 is 2.27 bits per heavy atom. The van der Waals surface area contributed by atoms with E-state index < -0.39 is 0 Å². The summed E-state index contributed by atoms with van der Waals surface area (Å²) in [6.07, 6.45) is 2.65. The Labute approximate surface area is 130 Å². The van der Waals surface area contributed by atoms with E-state index in [0.717, 1.165) is 18.7 Å². The Kier molecular flexibility index (Phi) is 5.69. The van der Waals surface area contributed by atoms with Gasteiger partial charge in [0.05, 0.1) is 13.2 Å². The van der Waals surface area contributed by atoms with Gasteiger partial charge in [-0.2, -0.15) is 10.2 Å². The molecule has 0 aliphatic heterocycles. The molecule has 2 rings (SSSR count). The third-order valence-electron chi connectivity index (χ3n) is 3.31. The first-order valence-corrected chi connectivity index (χ1v) is 7.24. The maximum Gasteiger partial charge on any atom is 0.240 e. The van der Waals surface area contributed by atoms with E-state index in [1.165, 1.54) is 0 Å². The highest BCUT2D eigenvalue weighted by Crippen LogP contribution is 2.12. The fourth-order valence-electron chi connectivity index (χ4n) is 2.26. The Balaban J connectivity index is 1.92. The normalized spacial score (nSPS) is 11.0. The standard InChI is InChI=1S/C15H21N5O2/c1-4-20-10-12(7-13(20)8-16)9-19(2)11-15-17-14(18-22-15)5-6-21-3/h7,10H,4-6,9,11H2,1-3H3. The van der Waals surface area contributed by atoms with E-state index in [1.54, 1.807) is 7.11 Å². The van der Waals surface area contributed by atoms with Gasteiger partial charge in [0, 0.05) is 32.8 Å². The second-order valence-corrected chi connectivity index (χ2v) is 5.15. The molecule has 7 nitrogen and oxygen atoms in total. The summed E-state index contributed by atoms with van der Waals surface area (Å²) < 4.78 is 12.2. The molecule has 0 saturated heterocycles. The number of nitriles is 1. The van der Waals surface area contributed by atoms with Crippen molar-refractivity contribution in [3.05, 3.63) is 35.2 Å². The minimum atomic E-state index is 0.569. The van der Waals surface area contributed by atoms with Crippen molar-refractivity contribution in [2.24, 2.45) is 0 Å². The van der Waals surface area contributed by atoms with Crippen LogP contribution in [-0.2, 0) is 30.8 Å². The summed E-state index contributed by atoms with van der Waals surface area (Å²) in [4.78, 5) is 6.40. The number of hydrogen-bond acceptors (Lipinski definition) is 6. The van der Waals surface area contributed by atoms with E-state index in [9.17, 15) is 0 Å². The highest BCUT2D eigenvalue weighted by atomic mass is 16.5. The fourth-order valence-corrected chi connectivity index (χ4v) is 2.26. The van der Waals surface area contributed by atoms with Crippen molar-refractivity contribution in [2.45, 2.75) is 33.0 Å². The molecule has 2 aromatic rings. The van der Waals surface area contributed by atoms with Gasteiger partial charge in [0.1, 0.15) is 11.8 Å². The molecule has 0 aromatic carbocycles. The summed E-state index contributed by atoms with van der Waals surface area (Å²) in [7, 11) is 3.63. The number of methoxy groups -OCH3 is 1. The number of aromatic nitrogens is 3. The minimum absolute atomic E-state index is 0.569. The van der Waals surface area contributed by atoms with Crippen LogP contribution in [-0.4, -0.2) is 40.4 Å². The smallest absolute Gasteiger partial charge is 0.240 e. The molecule has 2 heterocycles. The van der Waals surface area contributed by atoms with E-state index in [2.05, 4.69) is 21.1 Å². The monoisotopic (exact) mass is 303 g/mol. The van der Waals surface area contributed by atoms with E-state index in [-0.39, 0.29) is 0 Å². The average Bonchev–Trinajstić information content (AvgIpc) is 3.11. The van der Waals surface area contributed by atoms with Gasteiger partial charge in [-0.3, -0.25) is 4.90 Å². The molecule has 7 heteroatoms. The topological polar surface area (TPSA) is 80.1 Å². The van der Waals surface area contributed by atoms with Crippen molar-refractivity contribution >= 4 is 0 Å². The maximum atomic E-state index is 9.08. The van der Waals surface area contributed by atoms with Crippen LogP contribution in [0.3, 0.4) is 0 Å². The van der Waals surface area contributed by atoms with Gasteiger partial charge < -0.3 is 13.8 Å². The second kappa shape index (κ2) is 7.73. The summed E-state index contributed by atoms with van der Waals surface area (Å²) in [5.74, 6) is 1.25. The molecule has 0 aliphatic carbocycles. The van der Waals surface area contributed by atoms with Gasteiger partial charge >= 0.3 is 0 Å². The predicted molar refractivity (Wildman–Crippen MR) is 79.9 cm³/mol. The fraction of sp³-hybridized carbons (Fsp3) is 0.533. The van der Waals surface area contributed by atoms with Crippen LogP contribution in [0.5, 0.6) is 0 Å². The van der Waals surface area contributed by atoms with E-state index in [1.807, 2.05) is 30.8 Å². The number of hydrogen-bond donors (Lipinski definition) is 0. The number of nitrogens with zero attached hydrogens (tertiary/aromatic N) is 5. The molecule has 118 valence electrons. The largest absolute Gasteiger partial charge is 0.384 e. The molecule has 0 atom stereocenters. The molecular weight excluding hydrogens is 282 g/mol. The second-order valence-electron chi connectivity index (χ2n) is 5.15. The predicted octanol–water partition coefficient (Wildman–Crippen LogP) is 1.58. The molecular formula is C15H21N5O2. The summed E-state index contributed by atoms with van der Waals surface area (Å²) in [5, 5.41) is 13.0. The third-order valence-corrected chi connectivity index (χ3v) is 3.31. The van der Waals surface area contributed by atoms with Crippen LogP contribution in [0, 0.1) is 11.3 Å². The van der Waals surface area contributed by atoms with Crippen LogP contribution in [0.4, 0.5) is 0 Å². The Morgan fingerprint density at radius 1 is 1.45 bits per heavy atom. The lowest BCUT2D eigenvalue weighted by molar-refractivity contribution is 0.199. The van der Waals surface area contributed by atoms with Crippen LogP contribution in [0.15, 0.2) is 16.8 Å². The van der Waals surface area contributed by atoms with Gasteiger partial charge in [-0.05, 0) is 25.6 Å². The van der Waals surface area contributed by atoms with Crippen LogP contribution >= 0.6 is 0 Å². The van der Waals surface area contributed by atoms with Crippen molar-refractivity contribution in [3.8, 4) is 6.07 Å². The van der Waals surface area contributed by atoms with Gasteiger partial charge in [-0.15, -0.1) is 0 Å². The summed E-state index contributed by atoms with van der Waals surface area (Å²) in [6, 6.07) is 4.12. The minimum Gasteiger partial charge on any atom is -0.384 e. The SMILES string of the molecule is CCn1cc(CN(C)Cc2nc(CCOC)no2)cc1C#N. The molecule has 22 heavy (non-hydrogen) atoms. The van der Waals surface area contributed by atoms with Crippen LogP contribution < -0.4 is 0 Å². The zero-order valence-electron chi connectivity index (χ0n) is 13.2. The number of ether oxygens (including phenoxy) is 1. The molecule has 0 aliphatic rings. The van der Waals surface area contributed by atoms with Crippen molar-refractivity contribution in [3.63, 3.8) is 0 Å². The van der Waals surface area contributed by atoms with Crippen LogP contribution in [0.1, 0.15) is 29.9 Å². The quantitative estimate of drug-likeness (QED) is 0.736. The van der Waals surface area contributed by atoms with Gasteiger partial charge in [0.2, 0.25) is 5.89 Å². The summed E-state index contributed by atoms with van der Waals surface area (Å²) in [5.41, 5.74) is 1.78. The lowest BCUT2D eigenvalue weighted by Crippen LogP contribution is -2.17. The van der Waals surface area contributed by atoms with Crippen LogP contribution in [0.25, 0.3) is 0 Å². The molecule has 0 unspecified atom stereocenters. The number of rotatable bonds is 8. The first-order valence-electron chi connectivity index (χ1n) is 7.24. The van der Waals surface area contributed by atoms with E-state index in [0.29, 0.717) is 37.0 Å². The molecule has 0 spiro atoms. The lowest BCUT2D eigenvalue weighted by atomic mass is 10.3. The molecule has 0 saturated carbocycles. The summed E-state index contributed by atoms with van der Waals surface area (Å²) in [6.45, 7) is 4.68. The molecule has 0 amide bonds. The Hall–Kier alpha value is -2.17. The molecule has 0 fully saturated rings. The molecule has 0 radical (unpaired) electrons. The Bertz CT molecular complexity index is 641. The highest BCUT2D eigenvalue weighted by molar-refractivity contribution is 5.28. The molecule has 0 N–H and O–H groups in total. The number of aryl methyl sites for hydroxylation is 1. The zero-order valence-corrected chi connectivity index (χ0v) is 13.2. The lowest BCUT2D eigenvalue weighted by Gasteiger charge is -2.12. The molecule has 0 bridgehead atoms. The van der Waals surface area contributed by atoms with Gasteiger partial charge in [0.15, 0.2) is 5.82 Å². The van der Waals surface area contributed by atoms with Crippen molar-refractivity contribution in [2.75, 3.05) is 20.8 Å². The van der Waals surface area contributed by atoms with E-state index >= 15 is 0 Å². The summed E-state index contributed by atoms with van der Waals surface area (Å²) >= 11 is 0. The van der Waals surface area contributed by atoms with Crippen molar-refractivity contribution in [1.29, 1.82) is 5.26 Å². The zero-order chi connectivity index (χ0) is 15.9. The highest BCUT2D eigenvalue weighted by Gasteiger charge is 2.11. The van der Waals surface area contributed by atoms with E-state index in [4.69, 9.17) is 14.5 Å². The Morgan fingerprint density at radius 3 is 2.91 bits per heavy atom. The van der Waals surface area contributed by atoms with Gasteiger partial charge in [-0.25, -0.2) is 0 Å². The van der Waals surface area contributed by atoms with Crippen LogP contribution in [0.2, 0.25) is 0 Å². The van der Waals surface area contributed by atoms with Gasteiger partial charge in [0.25, 0.3) is 0 Å². The van der Waals surface area contributed by atoms with Crippen molar-refractivity contribution < 1.29 is 9.26 Å². The first-order chi connectivity index (χ1) is 10.7. The molecule has 2 aromatic heterocycles. The van der Waals surface area contributed by atoms with Gasteiger partial charge in [-0.1, -0.05) is 5.16 Å². The third kappa shape index (κ3) is 4.16.